The van der Waals surface area contributed by atoms with Gasteiger partial charge in [-0.05, 0) is 70.6 Å². The molecule has 0 fully saturated rings. The van der Waals surface area contributed by atoms with Gasteiger partial charge in [-0.15, -0.1) is 0 Å². The first-order valence-corrected chi connectivity index (χ1v) is 9.52. The Kier molecular flexibility index (Phi) is 7.06. The Morgan fingerprint density at radius 3 is 2.48 bits per heavy atom. The van der Waals surface area contributed by atoms with Gasteiger partial charge in [0.15, 0.2) is 0 Å². The SMILES string of the molecule is CCN(CC)CCC[C@@H](C)Nc1cc(C)nc2ccc(N(C)C)cc12. The summed E-state index contributed by atoms with van der Waals surface area (Å²) in [5.41, 5.74) is 4.52. The molecule has 25 heavy (non-hydrogen) atoms. The first-order valence-electron chi connectivity index (χ1n) is 9.52. The fraction of sp³-hybridized carbons (Fsp3) is 0.571. The third kappa shape index (κ3) is 5.33. The number of benzene rings is 1. The van der Waals surface area contributed by atoms with Crippen LogP contribution in [0.1, 0.15) is 39.3 Å². The maximum Gasteiger partial charge on any atom is 0.0727 e. The molecule has 2 aromatic rings. The summed E-state index contributed by atoms with van der Waals surface area (Å²) in [6, 6.07) is 9.10. The van der Waals surface area contributed by atoms with Gasteiger partial charge in [0.25, 0.3) is 0 Å². The van der Waals surface area contributed by atoms with Crippen LogP contribution in [-0.4, -0.2) is 49.7 Å². The van der Waals surface area contributed by atoms with Crippen LogP contribution in [0.25, 0.3) is 10.9 Å². The second-order valence-electron chi connectivity index (χ2n) is 7.12. The van der Waals surface area contributed by atoms with Crippen LogP contribution in [-0.2, 0) is 0 Å². The zero-order valence-corrected chi connectivity index (χ0v) is 16.8. The Bertz CT molecular complexity index is 677. The second-order valence-corrected chi connectivity index (χ2v) is 7.12. The number of pyridine rings is 1. The lowest BCUT2D eigenvalue weighted by Gasteiger charge is -2.21. The highest BCUT2D eigenvalue weighted by molar-refractivity contribution is 5.94. The normalized spacial score (nSPS) is 12.6. The van der Waals surface area contributed by atoms with E-state index in [1.807, 2.05) is 0 Å². The van der Waals surface area contributed by atoms with Crippen LogP contribution >= 0.6 is 0 Å². The predicted octanol–water partition coefficient (Wildman–Crippen LogP) is 4.53. The van der Waals surface area contributed by atoms with E-state index in [2.05, 4.69) is 86.2 Å². The van der Waals surface area contributed by atoms with Crippen LogP contribution in [0.5, 0.6) is 0 Å². The number of nitrogens with one attached hydrogen (secondary N) is 1. The van der Waals surface area contributed by atoms with Crippen LogP contribution in [0.2, 0.25) is 0 Å². The molecule has 0 aliphatic rings. The van der Waals surface area contributed by atoms with E-state index in [1.54, 1.807) is 0 Å². The first-order chi connectivity index (χ1) is 11.9. The van der Waals surface area contributed by atoms with Crippen LogP contribution in [0, 0.1) is 6.92 Å². The van der Waals surface area contributed by atoms with Gasteiger partial charge in [0.1, 0.15) is 0 Å². The van der Waals surface area contributed by atoms with Crippen molar-refractivity contribution in [3.8, 4) is 0 Å². The Labute approximate surface area is 153 Å². The molecule has 0 aliphatic carbocycles. The average Bonchev–Trinajstić information content (AvgIpc) is 2.58. The second kappa shape index (κ2) is 9.04. The molecule has 0 bridgehead atoms. The summed E-state index contributed by atoms with van der Waals surface area (Å²) in [4.78, 5) is 9.31. The van der Waals surface area contributed by atoms with Crippen molar-refractivity contribution in [2.24, 2.45) is 0 Å². The maximum atomic E-state index is 4.69. The molecule has 0 saturated heterocycles. The summed E-state index contributed by atoms with van der Waals surface area (Å²) in [7, 11) is 4.15. The number of nitrogens with zero attached hydrogens (tertiary/aromatic N) is 3. The fourth-order valence-corrected chi connectivity index (χ4v) is 3.24. The van der Waals surface area contributed by atoms with Crippen LogP contribution in [0.15, 0.2) is 24.3 Å². The molecule has 0 aliphatic heterocycles. The molecule has 1 atom stereocenters. The van der Waals surface area contributed by atoms with E-state index in [1.165, 1.54) is 36.1 Å². The lowest BCUT2D eigenvalue weighted by molar-refractivity contribution is 0.295. The van der Waals surface area contributed by atoms with Gasteiger partial charge in [0.05, 0.1) is 5.52 Å². The van der Waals surface area contributed by atoms with Crippen molar-refractivity contribution in [2.75, 3.05) is 43.9 Å². The molecule has 138 valence electrons. The average molecular weight is 343 g/mol. The lowest BCUT2D eigenvalue weighted by Crippen LogP contribution is -2.25. The fourth-order valence-electron chi connectivity index (χ4n) is 3.24. The molecule has 0 radical (unpaired) electrons. The Morgan fingerprint density at radius 2 is 1.84 bits per heavy atom. The molecule has 1 aromatic heterocycles. The minimum absolute atomic E-state index is 0.448. The highest BCUT2D eigenvalue weighted by Gasteiger charge is 2.10. The van der Waals surface area contributed by atoms with Crippen molar-refractivity contribution in [1.82, 2.24) is 9.88 Å². The van der Waals surface area contributed by atoms with E-state index in [4.69, 9.17) is 0 Å². The van der Waals surface area contributed by atoms with Gasteiger partial charge in [-0.3, -0.25) is 4.98 Å². The number of hydrogen-bond donors (Lipinski definition) is 1. The van der Waals surface area contributed by atoms with Crippen LogP contribution < -0.4 is 10.2 Å². The highest BCUT2D eigenvalue weighted by Crippen LogP contribution is 2.28. The van der Waals surface area contributed by atoms with Crippen LogP contribution in [0.3, 0.4) is 0 Å². The summed E-state index contributed by atoms with van der Waals surface area (Å²) < 4.78 is 0. The number of anilines is 2. The Balaban J connectivity index is 2.12. The van der Waals surface area contributed by atoms with Crippen molar-refractivity contribution in [3.05, 3.63) is 30.0 Å². The smallest absolute Gasteiger partial charge is 0.0727 e. The summed E-state index contributed by atoms with van der Waals surface area (Å²) in [6.45, 7) is 12.3. The molecule has 0 unspecified atom stereocenters. The maximum absolute atomic E-state index is 4.69. The standard InChI is InChI=1S/C21H34N4/c1-7-25(8-2)13-9-10-16(3)22-21-14-17(4)23-20-12-11-18(24(5)6)15-19(20)21/h11-12,14-16H,7-10,13H2,1-6H3,(H,22,23)/t16-/m1/s1. The van der Waals surface area contributed by atoms with E-state index in [-0.39, 0.29) is 0 Å². The Hall–Kier alpha value is -1.81. The van der Waals surface area contributed by atoms with Crippen molar-refractivity contribution < 1.29 is 0 Å². The van der Waals surface area contributed by atoms with Gasteiger partial charge in [-0.1, -0.05) is 13.8 Å². The highest BCUT2D eigenvalue weighted by atomic mass is 15.1. The van der Waals surface area contributed by atoms with Crippen molar-refractivity contribution >= 4 is 22.3 Å². The molecule has 1 N–H and O–H groups in total. The molecule has 4 nitrogen and oxygen atoms in total. The number of rotatable bonds is 9. The molecule has 4 heteroatoms. The van der Waals surface area contributed by atoms with E-state index in [0.29, 0.717) is 6.04 Å². The third-order valence-electron chi connectivity index (χ3n) is 4.84. The van der Waals surface area contributed by atoms with Crippen molar-refractivity contribution in [1.29, 1.82) is 0 Å². The Morgan fingerprint density at radius 1 is 1.12 bits per heavy atom. The van der Waals surface area contributed by atoms with E-state index >= 15 is 0 Å². The summed E-state index contributed by atoms with van der Waals surface area (Å²) >= 11 is 0. The van der Waals surface area contributed by atoms with E-state index < -0.39 is 0 Å². The zero-order valence-electron chi connectivity index (χ0n) is 16.8. The minimum Gasteiger partial charge on any atom is -0.382 e. The van der Waals surface area contributed by atoms with Gasteiger partial charge in [-0.25, -0.2) is 0 Å². The first kappa shape index (κ1) is 19.5. The van der Waals surface area contributed by atoms with Gasteiger partial charge < -0.3 is 15.1 Å². The van der Waals surface area contributed by atoms with Crippen molar-refractivity contribution in [3.63, 3.8) is 0 Å². The van der Waals surface area contributed by atoms with Crippen LogP contribution in [0.4, 0.5) is 11.4 Å². The third-order valence-corrected chi connectivity index (χ3v) is 4.84. The molecule has 1 aromatic carbocycles. The monoisotopic (exact) mass is 342 g/mol. The molecule has 0 spiro atoms. The molecular formula is C21H34N4. The van der Waals surface area contributed by atoms with Gasteiger partial charge in [0, 0.05) is 42.6 Å². The molecule has 0 saturated carbocycles. The molecule has 2 rings (SSSR count). The summed E-state index contributed by atoms with van der Waals surface area (Å²) in [5.74, 6) is 0. The number of aryl methyl sites for hydroxylation is 1. The molecular weight excluding hydrogens is 308 g/mol. The van der Waals surface area contributed by atoms with E-state index in [9.17, 15) is 0 Å². The number of fused-ring (bicyclic) bond motifs is 1. The number of hydrogen-bond acceptors (Lipinski definition) is 4. The van der Waals surface area contributed by atoms with Crippen molar-refractivity contribution in [2.45, 2.75) is 46.6 Å². The minimum atomic E-state index is 0.448. The number of aromatic nitrogens is 1. The quantitative estimate of drug-likeness (QED) is 0.725. The van der Waals surface area contributed by atoms with Gasteiger partial charge in [-0.2, -0.15) is 0 Å². The topological polar surface area (TPSA) is 31.4 Å². The molecule has 1 heterocycles. The van der Waals surface area contributed by atoms with Gasteiger partial charge in [0.2, 0.25) is 0 Å². The molecule has 0 amide bonds. The van der Waals surface area contributed by atoms with Gasteiger partial charge >= 0.3 is 0 Å². The predicted molar refractivity (Wildman–Crippen MR) is 111 cm³/mol. The van der Waals surface area contributed by atoms with E-state index in [0.717, 1.165) is 24.3 Å². The summed E-state index contributed by atoms with van der Waals surface area (Å²) in [6.07, 6.45) is 2.40. The largest absolute Gasteiger partial charge is 0.382 e. The lowest BCUT2D eigenvalue weighted by atomic mass is 10.1. The summed E-state index contributed by atoms with van der Waals surface area (Å²) in [5, 5.41) is 4.93. The zero-order chi connectivity index (χ0) is 18.4.